The molecule has 0 spiro atoms. The molecule has 0 atom stereocenters. The molecule has 0 aliphatic rings. The van der Waals surface area contributed by atoms with Gasteiger partial charge < -0.3 is 10.2 Å². The average Bonchev–Trinajstić information content (AvgIpc) is 2.01. The monoisotopic (exact) mass is 198 g/mol. The van der Waals surface area contributed by atoms with Crippen molar-refractivity contribution < 1.29 is 15.0 Å². The molecule has 0 aliphatic heterocycles. The van der Waals surface area contributed by atoms with E-state index in [1.807, 2.05) is 6.26 Å². The molecule has 4 heteroatoms. The average molecular weight is 198 g/mol. The number of rotatable bonds is 3. The molecule has 0 amide bonds. The lowest BCUT2D eigenvalue weighted by Gasteiger charge is -2.02. The van der Waals surface area contributed by atoms with Gasteiger partial charge in [-0.2, -0.15) is 0 Å². The lowest BCUT2D eigenvalue weighted by Crippen LogP contribution is -1.99. The maximum Gasteiger partial charge on any atom is 0.307 e. The van der Waals surface area contributed by atoms with E-state index in [1.165, 1.54) is 17.8 Å². The first-order valence-corrected chi connectivity index (χ1v) is 4.93. The summed E-state index contributed by atoms with van der Waals surface area (Å²) in [5.74, 6) is -0.777. The molecule has 1 aromatic carbocycles. The highest BCUT2D eigenvalue weighted by atomic mass is 32.2. The fourth-order valence-corrected chi connectivity index (χ4v) is 1.55. The molecule has 0 heterocycles. The van der Waals surface area contributed by atoms with Crippen LogP contribution in [0.25, 0.3) is 0 Å². The standard InChI is InChI=1S/C9H10O3S/c1-13-8-3-6(4-9(11)12)2-7(10)5-8/h2-3,5,10H,4H2,1H3,(H,11,12). The Kier molecular flexibility index (Phi) is 3.19. The molecule has 1 aromatic rings. The van der Waals surface area contributed by atoms with Crippen molar-refractivity contribution in [2.24, 2.45) is 0 Å². The van der Waals surface area contributed by atoms with Crippen molar-refractivity contribution in [3.05, 3.63) is 23.8 Å². The molecule has 2 N–H and O–H groups in total. The second-order valence-corrected chi connectivity index (χ2v) is 3.49. The molecular formula is C9H10O3S. The van der Waals surface area contributed by atoms with Crippen LogP contribution in [0.5, 0.6) is 5.75 Å². The van der Waals surface area contributed by atoms with E-state index in [-0.39, 0.29) is 12.2 Å². The fraction of sp³-hybridized carbons (Fsp3) is 0.222. The van der Waals surface area contributed by atoms with E-state index in [1.54, 1.807) is 12.1 Å². The Bertz CT molecular complexity index is 323. The van der Waals surface area contributed by atoms with Gasteiger partial charge in [-0.1, -0.05) is 0 Å². The minimum absolute atomic E-state index is 0.0536. The Morgan fingerprint density at radius 2 is 2.15 bits per heavy atom. The summed E-state index contributed by atoms with van der Waals surface area (Å²) >= 11 is 1.47. The van der Waals surface area contributed by atoms with Gasteiger partial charge in [0.15, 0.2) is 0 Å². The van der Waals surface area contributed by atoms with E-state index in [0.29, 0.717) is 5.56 Å². The first-order valence-electron chi connectivity index (χ1n) is 3.70. The number of phenols is 1. The second-order valence-electron chi connectivity index (χ2n) is 2.61. The van der Waals surface area contributed by atoms with Crippen LogP contribution in [-0.2, 0) is 11.2 Å². The third-order valence-electron chi connectivity index (χ3n) is 1.54. The van der Waals surface area contributed by atoms with Gasteiger partial charge in [0, 0.05) is 4.90 Å². The first-order chi connectivity index (χ1) is 6.11. The summed E-state index contributed by atoms with van der Waals surface area (Å²) in [7, 11) is 0. The largest absolute Gasteiger partial charge is 0.508 e. The highest BCUT2D eigenvalue weighted by Gasteiger charge is 2.03. The number of thioether (sulfide) groups is 1. The van der Waals surface area contributed by atoms with Crippen LogP contribution < -0.4 is 0 Å². The Morgan fingerprint density at radius 3 is 2.69 bits per heavy atom. The number of benzene rings is 1. The number of hydrogen-bond donors (Lipinski definition) is 2. The van der Waals surface area contributed by atoms with E-state index >= 15 is 0 Å². The SMILES string of the molecule is CSc1cc(O)cc(CC(=O)O)c1. The predicted molar refractivity (Wildman–Crippen MR) is 51.2 cm³/mol. The molecule has 0 saturated heterocycles. The minimum atomic E-state index is -0.891. The molecule has 0 radical (unpaired) electrons. The third-order valence-corrected chi connectivity index (χ3v) is 2.25. The van der Waals surface area contributed by atoms with E-state index in [0.717, 1.165) is 4.90 Å². The molecule has 0 unspecified atom stereocenters. The van der Waals surface area contributed by atoms with Gasteiger partial charge >= 0.3 is 5.97 Å². The summed E-state index contributed by atoms with van der Waals surface area (Å²) < 4.78 is 0. The van der Waals surface area contributed by atoms with Gasteiger partial charge in [0.1, 0.15) is 5.75 Å². The molecule has 0 aliphatic carbocycles. The van der Waals surface area contributed by atoms with Gasteiger partial charge in [0.05, 0.1) is 6.42 Å². The number of carbonyl (C=O) groups is 1. The highest BCUT2D eigenvalue weighted by Crippen LogP contribution is 2.22. The maximum absolute atomic E-state index is 10.4. The number of aliphatic carboxylic acids is 1. The number of hydrogen-bond acceptors (Lipinski definition) is 3. The zero-order valence-electron chi connectivity index (χ0n) is 7.15. The van der Waals surface area contributed by atoms with E-state index in [9.17, 15) is 9.90 Å². The summed E-state index contributed by atoms with van der Waals surface area (Å²) in [6.45, 7) is 0. The minimum Gasteiger partial charge on any atom is -0.508 e. The predicted octanol–water partition coefficient (Wildman–Crippen LogP) is 1.74. The van der Waals surface area contributed by atoms with Gasteiger partial charge in [-0.3, -0.25) is 4.79 Å². The number of aromatic hydroxyl groups is 1. The molecule has 70 valence electrons. The number of carboxylic acid groups (broad SMARTS) is 1. The molecular weight excluding hydrogens is 188 g/mol. The maximum atomic E-state index is 10.4. The zero-order valence-corrected chi connectivity index (χ0v) is 7.97. The van der Waals surface area contributed by atoms with Crippen LogP contribution >= 0.6 is 11.8 Å². The second kappa shape index (κ2) is 4.18. The molecule has 13 heavy (non-hydrogen) atoms. The molecule has 0 bridgehead atoms. The Hall–Kier alpha value is -1.16. The first kappa shape index (κ1) is 9.92. The van der Waals surface area contributed by atoms with E-state index in [4.69, 9.17) is 5.11 Å². The van der Waals surface area contributed by atoms with Crippen molar-refractivity contribution >= 4 is 17.7 Å². The van der Waals surface area contributed by atoms with Crippen LogP contribution in [0.2, 0.25) is 0 Å². The molecule has 0 saturated carbocycles. The van der Waals surface area contributed by atoms with E-state index < -0.39 is 5.97 Å². The van der Waals surface area contributed by atoms with Crippen LogP contribution in [0, 0.1) is 0 Å². The van der Waals surface area contributed by atoms with Crippen molar-refractivity contribution in [3.63, 3.8) is 0 Å². The normalized spacial score (nSPS) is 9.92. The summed E-state index contributed by atoms with van der Waals surface area (Å²) in [4.78, 5) is 11.3. The number of phenolic OH excluding ortho intramolecular Hbond substituents is 1. The van der Waals surface area contributed by atoms with Gasteiger partial charge in [-0.25, -0.2) is 0 Å². The molecule has 0 aromatic heterocycles. The molecule has 3 nitrogen and oxygen atoms in total. The third kappa shape index (κ3) is 2.99. The van der Waals surface area contributed by atoms with Gasteiger partial charge in [0.25, 0.3) is 0 Å². The van der Waals surface area contributed by atoms with Gasteiger partial charge in [0.2, 0.25) is 0 Å². The quantitative estimate of drug-likeness (QED) is 0.726. The van der Waals surface area contributed by atoms with Crippen molar-refractivity contribution in [1.29, 1.82) is 0 Å². The van der Waals surface area contributed by atoms with E-state index in [2.05, 4.69) is 0 Å². The van der Waals surface area contributed by atoms with Crippen LogP contribution in [-0.4, -0.2) is 22.4 Å². The fourth-order valence-electron chi connectivity index (χ4n) is 1.04. The van der Waals surface area contributed by atoms with Crippen LogP contribution in [0.15, 0.2) is 23.1 Å². The van der Waals surface area contributed by atoms with Crippen molar-refractivity contribution in [1.82, 2.24) is 0 Å². The number of carboxylic acids is 1. The Labute approximate surface area is 80.4 Å². The zero-order chi connectivity index (χ0) is 9.84. The van der Waals surface area contributed by atoms with Gasteiger partial charge in [-0.15, -0.1) is 11.8 Å². The Balaban J connectivity index is 2.94. The van der Waals surface area contributed by atoms with Gasteiger partial charge in [-0.05, 0) is 30.0 Å². The molecule has 0 fully saturated rings. The smallest absolute Gasteiger partial charge is 0.307 e. The lowest BCUT2D eigenvalue weighted by atomic mass is 10.1. The summed E-state index contributed by atoms with van der Waals surface area (Å²) in [5, 5.41) is 17.8. The summed E-state index contributed by atoms with van der Waals surface area (Å²) in [6, 6.07) is 4.84. The lowest BCUT2D eigenvalue weighted by molar-refractivity contribution is -0.136. The van der Waals surface area contributed by atoms with Crippen LogP contribution in [0.3, 0.4) is 0 Å². The summed E-state index contributed by atoms with van der Waals surface area (Å²) in [6.07, 6.45) is 1.82. The molecule has 1 rings (SSSR count). The van der Waals surface area contributed by atoms with Crippen molar-refractivity contribution in [3.8, 4) is 5.75 Å². The van der Waals surface area contributed by atoms with Crippen LogP contribution in [0.4, 0.5) is 0 Å². The topological polar surface area (TPSA) is 57.5 Å². The highest BCUT2D eigenvalue weighted by molar-refractivity contribution is 7.98. The van der Waals surface area contributed by atoms with Crippen molar-refractivity contribution in [2.75, 3.05) is 6.26 Å². The Morgan fingerprint density at radius 1 is 1.46 bits per heavy atom. The summed E-state index contributed by atoms with van der Waals surface area (Å²) in [5.41, 5.74) is 0.622. The van der Waals surface area contributed by atoms with Crippen LogP contribution in [0.1, 0.15) is 5.56 Å². The van der Waals surface area contributed by atoms with Crippen molar-refractivity contribution in [2.45, 2.75) is 11.3 Å².